The summed E-state index contributed by atoms with van der Waals surface area (Å²) in [7, 11) is 1.62. The fourth-order valence-corrected chi connectivity index (χ4v) is 2.86. The van der Waals surface area contributed by atoms with Crippen molar-refractivity contribution in [1.29, 1.82) is 0 Å². The maximum Gasteiger partial charge on any atom is 0.319 e. The summed E-state index contributed by atoms with van der Waals surface area (Å²) in [4.78, 5) is 28.0. The number of hydrogen-bond donors (Lipinski definition) is 1. The van der Waals surface area contributed by atoms with E-state index in [0.717, 1.165) is 38.8 Å². The molecule has 2 aliphatic heterocycles. The quantitative estimate of drug-likeness (QED) is 0.772. The molecule has 0 unspecified atom stereocenters. The zero-order chi connectivity index (χ0) is 14.4. The molecule has 2 rings (SSSR count). The maximum atomic E-state index is 12.2. The van der Waals surface area contributed by atoms with Gasteiger partial charge in [-0.25, -0.2) is 4.79 Å². The lowest BCUT2D eigenvalue weighted by Gasteiger charge is -2.34. The standard InChI is InChI=1S/C14H25N3O3/c1-20-11-6-15-13(18)12-4-9-17(10-5-12)14(19)16-7-2-3-8-16/h12H,2-11H2,1H3,(H,15,18). The molecule has 0 radical (unpaired) electrons. The highest BCUT2D eigenvalue weighted by atomic mass is 16.5. The molecule has 6 nitrogen and oxygen atoms in total. The Bertz CT molecular complexity index is 335. The fraction of sp³-hybridized carbons (Fsp3) is 0.857. The Morgan fingerprint density at radius 2 is 1.70 bits per heavy atom. The lowest BCUT2D eigenvalue weighted by Crippen LogP contribution is -2.47. The Hall–Kier alpha value is -1.30. The number of amides is 3. The van der Waals surface area contributed by atoms with Gasteiger partial charge in [-0.05, 0) is 25.7 Å². The monoisotopic (exact) mass is 283 g/mol. The minimum Gasteiger partial charge on any atom is -0.383 e. The molecule has 6 heteroatoms. The molecule has 0 bridgehead atoms. The summed E-state index contributed by atoms with van der Waals surface area (Å²) in [6.07, 6.45) is 3.75. The summed E-state index contributed by atoms with van der Waals surface area (Å²) < 4.78 is 4.91. The first-order valence-electron chi connectivity index (χ1n) is 7.53. The molecule has 2 heterocycles. The van der Waals surface area contributed by atoms with E-state index in [4.69, 9.17) is 4.74 Å². The number of methoxy groups -OCH3 is 1. The van der Waals surface area contributed by atoms with Crippen molar-refractivity contribution in [2.75, 3.05) is 46.4 Å². The predicted molar refractivity (Wildman–Crippen MR) is 75.4 cm³/mol. The van der Waals surface area contributed by atoms with Crippen molar-refractivity contribution in [3.63, 3.8) is 0 Å². The molecule has 2 fully saturated rings. The smallest absolute Gasteiger partial charge is 0.319 e. The van der Waals surface area contributed by atoms with Crippen molar-refractivity contribution >= 4 is 11.9 Å². The van der Waals surface area contributed by atoms with E-state index in [2.05, 4.69) is 5.32 Å². The van der Waals surface area contributed by atoms with Gasteiger partial charge in [0.1, 0.15) is 0 Å². The molecule has 0 aromatic heterocycles. The van der Waals surface area contributed by atoms with Crippen LogP contribution >= 0.6 is 0 Å². The third-order valence-corrected chi connectivity index (χ3v) is 4.12. The lowest BCUT2D eigenvalue weighted by atomic mass is 9.96. The van der Waals surface area contributed by atoms with Gasteiger partial charge in [0, 0.05) is 45.8 Å². The van der Waals surface area contributed by atoms with Crippen LogP contribution in [-0.2, 0) is 9.53 Å². The molecule has 114 valence electrons. The van der Waals surface area contributed by atoms with Gasteiger partial charge >= 0.3 is 6.03 Å². The number of carbonyl (C=O) groups is 2. The second kappa shape index (κ2) is 7.47. The molecular weight excluding hydrogens is 258 g/mol. The van der Waals surface area contributed by atoms with E-state index in [0.29, 0.717) is 26.2 Å². The largest absolute Gasteiger partial charge is 0.383 e. The van der Waals surface area contributed by atoms with Crippen LogP contribution in [0.2, 0.25) is 0 Å². The Kier molecular flexibility index (Phi) is 5.64. The van der Waals surface area contributed by atoms with Crippen molar-refractivity contribution in [3.8, 4) is 0 Å². The predicted octanol–water partition coefficient (Wildman–Crippen LogP) is 0.677. The maximum absolute atomic E-state index is 12.2. The van der Waals surface area contributed by atoms with Gasteiger partial charge in [-0.1, -0.05) is 0 Å². The van der Waals surface area contributed by atoms with Crippen LogP contribution in [0.5, 0.6) is 0 Å². The average Bonchev–Trinajstić information content (AvgIpc) is 3.01. The highest BCUT2D eigenvalue weighted by molar-refractivity contribution is 5.79. The molecule has 0 atom stereocenters. The number of rotatable bonds is 4. The molecule has 0 aromatic carbocycles. The number of carbonyl (C=O) groups excluding carboxylic acids is 2. The summed E-state index contributed by atoms with van der Waals surface area (Å²) in [5.74, 6) is 0.129. The van der Waals surface area contributed by atoms with Gasteiger partial charge in [0.2, 0.25) is 5.91 Å². The van der Waals surface area contributed by atoms with Crippen molar-refractivity contribution in [2.45, 2.75) is 25.7 Å². The van der Waals surface area contributed by atoms with Crippen LogP contribution in [-0.4, -0.2) is 68.2 Å². The van der Waals surface area contributed by atoms with Crippen LogP contribution in [0.1, 0.15) is 25.7 Å². The highest BCUT2D eigenvalue weighted by Crippen LogP contribution is 2.20. The van der Waals surface area contributed by atoms with Crippen LogP contribution in [0.15, 0.2) is 0 Å². The molecule has 0 aromatic rings. The third kappa shape index (κ3) is 3.85. The van der Waals surface area contributed by atoms with Gasteiger partial charge < -0.3 is 19.9 Å². The van der Waals surface area contributed by atoms with E-state index in [1.54, 1.807) is 7.11 Å². The van der Waals surface area contributed by atoms with Crippen molar-refractivity contribution < 1.29 is 14.3 Å². The Balaban J connectivity index is 1.71. The van der Waals surface area contributed by atoms with Crippen LogP contribution in [0, 0.1) is 5.92 Å². The lowest BCUT2D eigenvalue weighted by molar-refractivity contribution is -0.126. The Labute approximate surface area is 120 Å². The topological polar surface area (TPSA) is 61.9 Å². The summed E-state index contributed by atoms with van der Waals surface area (Å²) in [5.41, 5.74) is 0. The Morgan fingerprint density at radius 1 is 1.10 bits per heavy atom. The van der Waals surface area contributed by atoms with Gasteiger partial charge in [-0.3, -0.25) is 4.79 Å². The number of nitrogens with one attached hydrogen (secondary N) is 1. The fourth-order valence-electron chi connectivity index (χ4n) is 2.86. The summed E-state index contributed by atoms with van der Waals surface area (Å²) in [6.45, 7) is 4.25. The van der Waals surface area contributed by atoms with Gasteiger partial charge in [-0.2, -0.15) is 0 Å². The number of likely N-dealkylation sites (tertiary alicyclic amines) is 2. The molecule has 0 saturated carbocycles. The van der Waals surface area contributed by atoms with Gasteiger partial charge in [0.05, 0.1) is 6.61 Å². The summed E-state index contributed by atoms with van der Waals surface area (Å²) >= 11 is 0. The van der Waals surface area contributed by atoms with Crippen LogP contribution in [0.25, 0.3) is 0 Å². The number of nitrogens with zero attached hydrogens (tertiary/aromatic N) is 2. The van der Waals surface area contributed by atoms with E-state index in [-0.39, 0.29) is 17.9 Å². The van der Waals surface area contributed by atoms with E-state index >= 15 is 0 Å². The molecule has 20 heavy (non-hydrogen) atoms. The van der Waals surface area contributed by atoms with E-state index in [9.17, 15) is 9.59 Å². The van der Waals surface area contributed by atoms with Gasteiger partial charge in [0.15, 0.2) is 0 Å². The number of ether oxygens (including phenoxy) is 1. The SMILES string of the molecule is COCCNC(=O)C1CCN(C(=O)N2CCCC2)CC1. The first-order chi connectivity index (χ1) is 9.72. The van der Waals surface area contributed by atoms with Crippen LogP contribution in [0.3, 0.4) is 0 Å². The molecule has 3 amide bonds. The third-order valence-electron chi connectivity index (χ3n) is 4.12. The number of hydrogen-bond acceptors (Lipinski definition) is 3. The van der Waals surface area contributed by atoms with Crippen LogP contribution in [0.4, 0.5) is 4.79 Å². The van der Waals surface area contributed by atoms with Crippen molar-refractivity contribution in [1.82, 2.24) is 15.1 Å². The normalized spacial score (nSPS) is 20.2. The van der Waals surface area contributed by atoms with E-state index in [1.807, 2.05) is 9.80 Å². The van der Waals surface area contributed by atoms with E-state index in [1.165, 1.54) is 0 Å². The summed E-state index contributed by atoms with van der Waals surface area (Å²) in [6, 6.07) is 0.153. The zero-order valence-electron chi connectivity index (χ0n) is 12.3. The Morgan fingerprint density at radius 3 is 2.30 bits per heavy atom. The zero-order valence-corrected chi connectivity index (χ0v) is 12.3. The molecular formula is C14H25N3O3. The number of urea groups is 1. The molecule has 0 spiro atoms. The average molecular weight is 283 g/mol. The van der Waals surface area contributed by atoms with Gasteiger partial charge in [-0.15, -0.1) is 0 Å². The van der Waals surface area contributed by atoms with Crippen molar-refractivity contribution in [2.24, 2.45) is 5.92 Å². The number of piperidine rings is 1. The second-order valence-corrected chi connectivity index (χ2v) is 5.52. The molecule has 1 N–H and O–H groups in total. The van der Waals surface area contributed by atoms with Gasteiger partial charge in [0.25, 0.3) is 0 Å². The van der Waals surface area contributed by atoms with E-state index < -0.39 is 0 Å². The second-order valence-electron chi connectivity index (χ2n) is 5.52. The van der Waals surface area contributed by atoms with Crippen molar-refractivity contribution in [3.05, 3.63) is 0 Å². The first kappa shape index (κ1) is 15.1. The first-order valence-corrected chi connectivity index (χ1v) is 7.53. The highest BCUT2D eigenvalue weighted by Gasteiger charge is 2.30. The molecule has 0 aliphatic carbocycles. The molecule has 2 saturated heterocycles. The minimum absolute atomic E-state index is 0.0366. The summed E-state index contributed by atoms with van der Waals surface area (Å²) in [5, 5.41) is 2.87. The minimum atomic E-state index is 0.0366. The molecule has 2 aliphatic rings. The van der Waals surface area contributed by atoms with Crippen LogP contribution < -0.4 is 5.32 Å².